The molecule has 0 aromatic heterocycles. The molecule has 0 saturated heterocycles. The van der Waals surface area contributed by atoms with Crippen LogP contribution in [-0.4, -0.2) is 3.79 Å². The molecular weight excluding hydrogens is 222 g/mol. The van der Waals surface area contributed by atoms with Gasteiger partial charge in [0.25, 0.3) is 0 Å². The number of halogens is 3. The monoisotopic (exact) mass is 221 g/mol. The van der Waals surface area contributed by atoms with Crippen molar-refractivity contribution in [2.75, 3.05) is 0 Å². The molecule has 0 aliphatic rings. The van der Waals surface area contributed by atoms with Crippen LogP contribution in [0.25, 0.3) is 0 Å². The van der Waals surface area contributed by atoms with Gasteiger partial charge in [-0.15, -0.1) is 0 Å². The van der Waals surface area contributed by atoms with E-state index in [9.17, 15) is 0 Å². The van der Waals surface area contributed by atoms with Crippen LogP contribution in [0.3, 0.4) is 0 Å². The second-order valence-corrected chi connectivity index (χ2v) is 4.18. The standard InChI is InChI=1S/C2H2Cl3.Zr/c1-2(3,4)5;/h1H2;. The molecule has 0 N–H and O–H groups in total. The van der Waals surface area contributed by atoms with E-state index in [1.54, 1.807) is 0 Å². The first kappa shape index (κ1) is 7.75. The average molecular weight is 224 g/mol. The molecule has 6 heavy (non-hydrogen) atoms. The van der Waals surface area contributed by atoms with E-state index in [1.165, 1.54) is 24.7 Å². The van der Waals surface area contributed by atoms with Crippen molar-refractivity contribution >= 4 is 34.8 Å². The predicted molar refractivity (Wildman–Crippen MR) is 25.1 cm³/mol. The van der Waals surface area contributed by atoms with Crippen molar-refractivity contribution in [2.45, 2.75) is 7.92 Å². The molecule has 0 atom stereocenters. The summed E-state index contributed by atoms with van der Waals surface area (Å²) in [6.07, 6.45) is 0. The number of hydrogen-bond donors (Lipinski definition) is 0. The molecule has 0 heterocycles. The number of alkyl halides is 3. The van der Waals surface area contributed by atoms with Gasteiger partial charge in [0.2, 0.25) is 0 Å². The summed E-state index contributed by atoms with van der Waals surface area (Å²) in [7, 11) is 0. The van der Waals surface area contributed by atoms with Crippen LogP contribution in [0.2, 0.25) is 4.13 Å². The van der Waals surface area contributed by atoms with Crippen molar-refractivity contribution in [2.24, 2.45) is 0 Å². The Morgan fingerprint density at radius 3 is 1.50 bits per heavy atom. The van der Waals surface area contributed by atoms with Crippen molar-refractivity contribution < 1.29 is 24.7 Å². The van der Waals surface area contributed by atoms with Crippen molar-refractivity contribution in [3.8, 4) is 0 Å². The molecule has 0 fully saturated rings. The summed E-state index contributed by atoms with van der Waals surface area (Å²) in [5, 5.41) is 0. The van der Waals surface area contributed by atoms with Crippen molar-refractivity contribution in [3.05, 3.63) is 0 Å². The van der Waals surface area contributed by atoms with Crippen molar-refractivity contribution in [1.29, 1.82) is 0 Å². The normalized spacial score (nSPS) is 11.7. The summed E-state index contributed by atoms with van der Waals surface area (Å²) < 4.78 is -0.345. The predicted octanol–water partition coefficient (Wildman–Crippen LogP) is 2.32. The molecule has 0 unspecified atom stereocenters. The molecule has 0 aliphatic heterocycles. The van der Waals surface area contributed by atoms with Gasteiger partial charge in [-0.25, -0.2) is 0 Å². The first-order valence-corrected chi connectivity index (χ1v) is 4.15. The van der Waals surface area contributed by atoms with E-state index in [2.05, 4.69) is 0 Å². The Morgan fingerprint density at radius 2 is 1.50 bits per heavy atom. The number of rotatable bonds is 0. The van der Waals surface area contributed by atoms with Crippen LogP contribution in [-0.2, 0) is 24.7 Å². The second-order valence-electron chi connectivity index (χ2n) is 0.792. The minimum absolute atomic E-state index is 0.657. The molecule has 0 aromatic rings. The molecule has 0 saturated carbocycles. The fourth-order valence-electron chi connectivity index (χ4n) is 0. The van der Waals surface area contributed by atoms with Gasteiger partial charge in [-0.05, 0) is 0 Å². The van der Waals surface area contributed by atoms with Gasteiger partial charge in [-0.2, -0.15) is 0 Å². The SMILES string of the molecule is ClC(Cl)(Cl)[CH2][Zr]. The molecule has 0 radical (unpaired) electrons. The van der Waals surface area contributed by atoms with Crippen LogP contribution in [0.5, 0.6) is 0 Å². The fourth-order valence-corrected chi connectivity index (χ4v) is 0. The molecule has 0 rings (SSSR count). The van der Waals surface area contributed by atoms with Gasteiger partial charge in [0.05, 0.1) is 0 Å². The average Bonchev–Trinajstić information content (AvgIpc) is 1.35. The first-order chi connectivity index (χ1) is 2.56. The van der Waals surface area contributed by atoms with Gasteiger partial charge in [0.15, 0.2) is 0 Å². The second kappa shape index (κ2) is 2.92. The molecule has 4 heteroatoms. The van der Waals surface area contributed by atoms with E-state index >= 15 is 0 Å². The maximum absolute atomic E-state index is 5.27. The third-order valence-corrected chi connectivity index (χ3v) is 3.56. The molecule has 0 aromatic carbocycles. The summed E-state index contributed by atoms with van der Waals surface area (Å²) in [6.45, 7) is 0. The van der Waals surface area contributed by atoms with Gasteiger partial charge in [-0.1, -0.05) is 0 Å². The Bertz CT molecular complexity index is 38.5. The summed E-state index contributed by atoms with van der Waals surface area (Å²) in [5.74, 6) is 0. The van der Waals surface area contributed by atoms with E-state index in [0.29, 0.717) is 4.13 Å². The Labute approximate surface area is 67.0 Å². The van der Waals surface area contributed by atoms with Crippen LogP contribution in [0.4, 0.5) is 0 Å². The molecule has 0 amide bonds. The maximum atomic E-state index is 5.27. The first-order valence-electron chi connectivity index (χ1n) is 1.27. The minimum atomic E-state index is -1.00. The molecule has 0 aliphatic carbocycles. The number of hydrogen-bond acceptors (Lipinski definition) is 0. The van der Waals surface area contributed by atoms with E-state index < -0.39 is 3.79 Å². The Morgan fingerprint density at radius 1 is 1.33 bits per heavy atom. The van der Waals surface area contributed by atoms with Crippen LogP contribution in [0.1, 0.15) is 0 Å². The fraction of sp³-hybridized carbons (Fsp3) is 1.00. The topological polar surface area (TPSA) is 0 Å². The van der Waals surface area contributed by atoms with E-state index in [4.69, 9.17) is 34.8 Å². The molecule has 0 nitrogen and oxygen atoms in total. The zero-order valence-electron chi connectivity index (χ0n) is 2.84. The van der Waals surface area contributed by atoms with Gasteiger partial charge in [0, 0.05) is 0 Å². The van der Waals surface area contributed by atoms with Crippen LogP contribution in [0.15, 0.2) is 0 Å². The summed E-state index contributed by atoms with van der Waals surface area (Å²) in [6, 6.07) is 0. The summed E-state index contributed by atoms with van der Waals surface area (Å²) in [5.41, 5.74) is 0. The van der Waals surface area contributed by atoms with Gasteiger partial charge in [0.1, 0.15) is 0 Å². The molecular formula is C2H2Cl3Zr. The molecule has 0 bridgehead atoms. The van der Waals surface area contributed by atoms with E-state index in [-0.39, 0.29) is 0 Å². The van der Waals surface area contributed by atoms with Crippen LogP contribution < -0.4 is 0 Å². The van der Waals surface area contributed by atoms with Gasteiger partial charge < -0.3 is 0 Å². The Balaban J connectivity index is 3.17. The third-order valence-electron chi connectivity index (χ3n) is 0.200. The van der Waals surface area contributed by atoms with Gasteiger partial charge in [-0.3, -0.25) is 0 Å². The molecule has 0 spiro atoms. The van der Waals surface area contributed by atoms with Crippen molar-refractivity contribution in [1.82, 2.24) is 0 Å². The van der Waals surface area contributed by atoms with Gasteiger partial charge >= 0.3 is 67.4 Å². The molecule has 35 valence electrons. The van der Waals surface area contributed by atoms with Crippen LogP contribution in [0, 0.1) is 0 Å². The van der Waals surface area contributed by atoms with E-state index in [1.807, 2.05) is 0 Å². The Kier molecular flexibility index (Phi) is 3.77. The Hall–Kier alpha value is 1.75. The van der Waals surface area contributed by atoms with Crippen LogP contribution >= 0.6 is 34.8 Å². The van der Waals surface area contributed by atoms with E-state index in [0.717, 1.165) is 0 Å². The summed E-state index contributed by atoms with van der Waals surface area (Å²) in [4.78, 5) is 0. The van der Waals surface area contributed by atoms with Crippen molar-refractivity contribution in [3.63, 3.8) is 0 Å². The quantitative estimate of drug-likeness (QED) is 0.553. The summed E-state index contributed by atoms with van der Waals surface area (Å²) >= 11 is 17.1. The third kappa shape index (κ3) is 5.75. The zero-order valence-corrected chi connectivity index (χ0v) is 7.57. The zero-order chi connectivity index (χ0) is 5.21.